The van der Waals surface area contributed by atoms with E-state index in [4.69, 9.17) is 5.73 Å². The molecule has 1 heterocycles. The van der Waals surface area contributed by atoms with Crippen molar-refractivity contribution < 1.29 is 39.6 Å². The zero-order chi connectivity index (χ0) is 30.0. The molecule has 0 bridgehead atoms. The first-order valence-corrected chi connectivity index (χ1v) is 13.1. The van der Waals surface area contributed by atoms with E-state index in [1.165, 1.54) is 31.1 Å². The minimum absolute atomic E-state index is 0.0303. The molecule has 5 rings (SSSR count). The number of nitrogens with zero attached hydrogens (tertiary/aromatic N) is 2. The Morgan fingerprint density at radius 3 is 2.49 bits per heavy atom. The zero-order valence-electron chi connectivity index (χ0n) is 22.8. The van der Waals surface area contributed by atoms with Gasteiger partial charge in [0.25, 0.3) is 5.91 Å². The van der Waals surface area contributed by atoms with Crippen LogP contribution in [0.15, 0.2) is 47.4 Å². The van der Waals surface area contributed by atoms with Crippen molar-refractivity contribution in [2.24, 2.45) is 24.6 Å². The van der Waals surface area contributed by atoms with Crippen molar-refractivity contribution in [2.75, 3.05) is 20.6 Å². The minimum Gasteiger partial charge on any atom is -0.508 e. The van der Waals surface area contributed by atoms with Gasteiger partial charge in [0.15, 0.2) is 17.2 Å². The average Bonchev–Trinajstić information content (AvgIpc) is 3.30. The molecule has 12 nitrogen and oxygen atoms in total. The maximum absolute atomic E-state index is 13.9. The Kier molecular flexibility index (Phi) is 6.88. The number of aromatic hydroxyl groups is 1. The molecule has 2 aromatic rings. The first-order chi connectivity index (χ1) is 19.3. The Balaban J connectivity index is 1.56. The van der Waals surface area contributed by atoms with Crippen molar-refractivity contribution in [3.63, 3.8) is 0 Å². The predicted molar refractivity (Wildman–Crippen MR) is 146 cm³/mol. The Bertz CT molecular complexity index is 1570. The number of aryl methyl sites for hydroxylation is 1. The van der Waals surface area contributed by atoms with Gasteiger partial charge in [-0.3, -0.25) is 24.1 Å². The Hall–Kier alpha value is -4.26. The van der Waals surface area contributed by atoms with Crippen LogP contribution in [0.1, 0.15) is 33.6 Å². The molecule has 0 aliphatic heterocycles. The number of hydrogen-bond donors (Lipinski definition) is 6. The number of aromatic nitrogens is 1. The number of benzene rings is 1. The van der Waals surface area contributed by atoms with E-state index in [-0.39, 0.29) is 47.6 Å². The van der Waals surface area contributed by atoms with Gasteiger partial charge in [-0.2, -0.15) is 0 Å². The number of likely N-dealkylation sites (N-methyl/N-ethyl adjacent to an activating group) is 1. The molecule has 1 aromatic heterocycles. The monoisotopic (exact) mass is 564 g/mol. The molecule has 41 heavy (non-hydrogen) atoms. The van der Waals surface area contributed by atoms with Crippen molar-refractivity contribution in [3.8, 4) is 5.75 Å². The highest BCUT2D eigenvalue weighted by Gasteiger charge is 2.64. The van der Waals surface area contributed by atoms with Crippen LogP contribution < -0.4 is 11.1 Å². The number of amides is 1. The average molecular weight is 565 g/mol. The summed E-state index contributed by atoms with van der Waals surface area (Å²) in [6.45, 7) is 0.407. The SMILES string of the molecule is CN(C)[C@@H]1C(=O)C(C(N)=O)=C(O)[C@@]2(O)C(=O)C3=C(O)c4c(O)ccc(C(=O)CNCc5cccn5C)c4C[C@H]3C[C@@H]12. The molecule has 7 N–H and O–H groups in total. The number of Topliss-reactive ketones (excluding diaryl/α,β-unsaturated/α-hetero) is 3. The van der Waals surface area contributed by atoms with Crippen LogP contribution in [-0.2, 0) is 34.4 Å². The van der Waals surface area contributed by atoms with Gasteiger partial charge in [0, 0.05) is 42.5 Å². The summed E-state index contributed by atoms with van der Waals surface area (Å²) in [5.74, 6) is -7.62. The highest BCUT2D eigenvalue weighted by molar-refractivity contribution is 6.24. The Labute approximate surface area is 235 Å². The fraction of sp³-hybridized carbons (Fsp3) is 0.379. The number of rotatable bonds is 7. The molecule has 1 amide bonds. The van der Waals surface area contributed by atoms with Gasteiger partial charge in [0.2, 0.25) is 5.78 Å². The third kappa shape index (κ3) is 4.17. The summed E-state index contributed by atoms with van der Waals surface area (Å²) in [6.07, 6.45) is 1.88. The summed E-state index contributed by atoms with van der Waals surface area (Å²) < 4.78 is 1.92. The van der Waals surface area contributed by atoms with Crippen LogP contribution in [0.4, 0.5) is 0 Å². The van der Waals surface area contributed by atoms with Gasteiger partial charge in [-0.25, -0.2) is 0 Å². The number of ketones is 3. The second kappa shape index (κ2) is 9.98. The molecule has 1 aromatic carbocycles. The topological polar surface area (TPSA) is 195 Å². The minimum atomic E-state index is -2.71. The van der Waals surface area contributed by atoms with Crippen molar-refractivity contribution in [1.82, 2.24) is 14.8 Å². The summed E-state index contributed by atoms with van der Waals surface area (Å²) in [7, 11) is 4.95. The number of fused-ring (bicyclic) bond motifs is 3. The largest absolute Gasteiger partial charge is 0.508 e. The van der Waals surface area contributed by atoms with Gasteiger partial charge in [0.1, 0.15) is 22.8 Å². The summed E-state index contributed by atoms with van der Waals surface area (Å²) in [6, 6.07) is 5.33. The molecule has 0 radical (unpaired) electrons. The van der Waals surface area contributed by atoms with Crippen LogP contribution in [-0.4, -0.2) is 85.4 Å². The Morgan fingerprint density at radius 2 is 1.88 bits per heavy atom. The van der Waals surface area contributed by atoms with Crippen LogP contribution in [0.25, 0.3) is 5.76 Å². The maximum Gasteiger partial charge on any atom is 0.255 e. The summed E-state index contributed by atoms with van der Waals surface area (Å²) in [5, 5.41) is 47.7. The van der Waals surface area contributed by atoms with E-state index >= 15 is 0 Å². The number of phenols is 1. The molecule has 4 atom stereocenters. The number of nitrogens with one attached hydrogen (secondary N) is 1. The van der Waals surface area contributed by atoms with Crippen molar-refractivity contribution >= 4 is 29.0 Å². The molecular weight excluding hydrogens is 532 g/mol. The lowest BCUT2D eigenvalue weighted by atomic mass is 9.57. The molecule has 1 fully saturated rings. The fourth-order valence-corrected chi connectivity index (χ4v) is 6.58. The van der Waals surface area contributed by atoms with Gasteiger partial charge >= 0.3 is 0 Å². The molecule has 3 aliphatic rings. The first kappa shape index (κ1) is 28.3. The zero-order valence-corrected chi connectivity index (χ0v) is 22.8. The van der Waals surface area contributed by atoms with Crippen molar-refractivity contribution in [2.45, 2.75) is 31.0 Å². The van der Waals surface area contributed by atoms with E-state index in [1.807, 2.05) is 29.9 Å². The molecular formula is C29H32N4O8. The quantitative estimate of drug-likeness (QED) is 0.201. The number of carbonyl (C=O) groups excluding carboxylic acids is 4. The molecule has 216 valence electrons. The third-order valence-corrected chi connectivity index (χ3v) is 8.55. The molecule has 12 heteroatoms. The molecule has 1 saturated carbocycles. The predicted octanol–water partition coefficient (Wildman–Crippen LogP) is 0.275. The van der Waals surface area contributed by atoms with Crippen LogP contribution >= 0.6 is 0 Å². The number of primary amides is 1. The lowest BCUT2D eigenvalue weighted by molar-refractivity contribution is -0.153. The van der Waals surface area contributed by atoms with Gasteiger partial charge in [-0.05, 0) is 62.7 Å². The van der Waals surface area contributed by atoms with Crippen LogP contribution in [0.2, 0.25) is 0 Å². The number of phenolic OH excluding ortho intramolecular Hbond substituents is 1. The Morgan fingerprint density at radius 1 is 1.17 bits per heavy atom. The van der Waals surface area contributed by atoms with E-state index in [2.05, 4.69) is 5.32 Å². The van der Waals surface area contributed by atoms with Crippen LogP contribution in [0, 0.1) is 11.8 Å². The van der Waals surface area contributed by atoms with Gasteiger partial charge in [0.05, 0.1) is 18.2 Å². The second-order valence-electron chi connectivity index (χ2n) is 11.1. The first-order valence-electron chi connectivity index (χ1n) is 13.1. The van der Waals surface area contributed by atoms with Crippen LogP contribution in [0.5, 0.6) is 5.75 Å². The number of carbonyl (C=O) groups is 4. The fourth-order valence-electron chi connectivity index (χ4n) is 6.58. The highest BCUT2D eigenvalue weighted by Crippen LogP contribution is 2.52. The van der Waals surface area contributed by atoms with Gasteiger partial charge < -0.3 is 36.0 Å². The standard InChI is InChI=1S/C29H32N4O8/c1-32(2)23-17-10-13-9-16-15(19(35)12-31-11-14-5-4-8-33(14)3)6-7-18(34)21(16)24(36)20(13)26(38)29(17,41)27(39)22(25(23)37)28(30)40/h4-8,13,17,23,31,34,36,39,41H,9-12H2,1-3H3,(H2,30,40)/t13-,17-,23-,29-/m0/s1. The number of aliphatic hydroxyl groups is 3. The second-order valence-corrected chi connectivity index (χ2v) is 11.1. The summed E-state index contributed by atoms with van der Waals surface area (Å²) in [4.78, 5) is 53.9. The molecule has 0 spiro atoms. The van der Waals surface area contributed by atoms with Crippen molar-refractivity contribution in [3.05, 3.63) is 69.8 Å². The van der Waals surface area contributed by atoms with E-state index in [0.29, 0.717) is 12.1 Å². The number of nitrogens with two attached hydrogens (primary N) is 1. The molecule has 3 aliphatic carbocycles. The maximum atomic E-state index is 13.9. The van der Waals surface area contributed by atoms with E-state index in [0.717, 1.165) is 5.69 Å². The third-order valence-electron chi connectivity index (χ3n) is 8.55. The van der Waals surface area contributed by atoms with E-state index < -0.39 is 58.0 Å². The van der Waals surface area contributed by atoms with Gasteiger partial charge in [-0.15, -0.1) is 0 Å². The van der Waals surface area contributed by atoms with Crippen LogP contribution in [0.3, 0.4) is 0 Å². The molecule has 0 saturated heterocycles. The number of aliphatic hydroxyl groups excluding tert-OH is 2. The number of hydrogen-bond acceptors (Lipinski definition) is 10. The smallest absolute Gasteiger partial charge is 0.255 e. The van der Waals surface area contributed by atoms with E-state index in [1.54, 1.807) is 0 Å². The van der Waals surface area contributed by atoms with Crippen molar-refractivity contribution in [1.29, 1.82) is 0 Å². The summed E-state index contributed by atoms with van der Waals surface area (Å²) >= 11 is 0. The molecule has 0 unspecified atom stereocenters. The lowest BCUT2D eigenvalue weighted by Crippen LogP contribution is -2.65. The van der Waals surface area contributed by atoms with Gasteiger partial charge in [-0.1, -0.05) is 0 Å². The normalized spacial score (nSPS) is 25.7. The summed E-state index contributed by atoms with van der Waals surface area (Å²) in [5.41, 5.74) is 2.93. The van der Waals surface area contributed by atoms with E-state index in [9.17, 15) is 39.6 Å². The highest BCUT2D eigenvalue weighted by atomic mass is 16.3. The lowest BCUT2D eigenvalue weighted by Gasteiger charge is -2.50.